The summed E-state index contributed by atoms with van der Waals surface area (Å²) in [4.78, 5) is 0. The summed E-state index contributed by atoms with van der Waals surface area (Å²) in [5.74, 6) is -0.0169. The monoisotopic (exact) mass is 220 g/mol. The van der Waals surface area contributed by atoms with E-state index in [-0.39, 0.29) is 11.5 Å². The van der Waals surface area contributed by atoms with Gasteiger partial charge in [0.05, 0.1) is 6.61 Å². The predicted molar refractivity (Wildman–Crippen MR) is 59.0 cm³/mol. The summed E-state index contributed by atoms with van der Waals surface area (Å²) in [6, 6.07) is 0. The molecular weight excluding hydrogens is 198 g/mol. The first-order chi connectivity index (χ1) is 7.13. The van der Waals surface area contributed by atoms with E-state index in [0.717, 1.165) is 25.7 Å². The Kier molecular flexibility index (Phi) is 8.58. The Balaban J connectivity index is 4.07. The van der Waals surface area contributed by atoms with E-state index in [9.17, 15) is 8.78 Å². The maximum absolute atomic E-state index is 12.6. The number of rotatable bonds is 8. The smallest absolute Gasteiger partial charge is 0.269 e. The van der Waals surface area contributed by atoms with Crippen LogP contribution in [0, 0.1) is 5.92 Å². The number of unbranched alkanes of at least 4 members (excludes halogenated alkanes) is 2. The Morgan fingerprint density at radius 2 is 1.93 bits per heavy atom. The van der Waals surface area contributed by atoms with Crippen LogP contribution in [0.4, 0.5) is 8.78 Å². The van der Waals surface area contributed by atoms with Gasteiger partial charge in [0.15, 0.2) is 0 Å². The summed E-state index contributed by atoms with van der Waals surface area (Å²) in [5, 5.41) is 0. The van der Waals surface area contributed by atoms with E-state index in [1.54, 1.807) is 0 Å². The average Bonchev–Trinajstić information content (AvgIpc) is 2.18. The van der Waals surface area contributed by atoms with Crippen molar-refractivity contribution in [2.75, 3.05) is 13.7 Å². The topological polar surface area (TPSA) is 9.23 Å². The van der Waals surface area contributed by atoms with Gasteiger partial charge in [0, 0.05) is 12.7 Å². The minimum atomic E-state index is -1.52. The van der Waals surface area contributed by atoms with Crippen LogP contribution in [0.2, 0.25) is 0 Å². The van der Waals surface area contributed by atoms with Gasteiger partial charge in [-0.15, -0.1) is 0 Å². The lowest BCUT2D eigenvalue weighted by Crippen LogP contribution is -2.04. The van der Waals surface area contributed by atoms with Crippen molar-refractivity contribution in [1.29, 1.82) is 0 Å². The quantitative estimate of drug-likeness (QED) is 0.551. The zero-order valence-corrected chi connectivity index (χ0v) is 9.98. The van der Waals surface area contributed by atoms with Crippen LogP contribution < -0.4 is 0 Å². The van der Waals surface area contributed by atoms with Crippen LogP contribution >= 0.6 is 0 Å². The number of ether oxygens (including phenoxy) is 1. The molecule has 15 heavy (non-hydrogen) atoms. The maximum Gasteiger partial charge on any atom is 0.269 e. The van der Waals surface area contributed by atoms with E-state index in [1.165, 1.54) is 7.11 Å². The molecule has 0 aliphatic rings. The summed E-state index contributed by atoms with van der Waals surface area (Å²) in [5.41, 5.74) is 0.271. The zero-order valence-electron chi connectivity index (χ0n) is 9.98. The van der Waals surface area contributed by atoms with Gasteiger partial charge in [0.2, 0.25) is 0 Å². The van der Waals surface area contributed by atoms with Crippen molar-refractivity contribution in [2.45, 2.75) is 46.0 Å². The van der Waals surface area contributed by atoms with Gasteiger partial charge in [-0.1, -0.05) is 33.1 Å². The van der Waals surface area contributed by atoms with Gasteiger partial charge < -0.3 is 4.74 Å². The lowest BCUT2D eigenvalue weighted by molar-refractivity contribution is 0.196. The van der Waals surface area contributed by atoms with Crippen LogP contribution in [-0.4, -0.2) is 13.7 Å². The lowest BCUT2D eigenvalue weighted by Gasteiger charge is -2.14. The summed E-state index contributed by atoms with van der Waals surface area (Å²) < 4.78 is 30.0. The second-order valence-corrected chi connectivity index (χ2v) is 3.93. The van der Waals surface area contributed by atoms with E-state index in [0.29, 0.717) is 13.0 Å². The highest BCUT2D eigenvalue weighted by atomic mass is 19.3. The fraction of sp³-hybridized carbons (Fsp3) is 0.833. The number of hydrogen-bond donors (Lipinski definition) is 0. The molecule has 0 saturated heterocycles. The van der Waals surface area contributed by atoms with Crippen molar-refractivity contribution in [3.05, 3.63) is 11.7 Å². The third kappa shape index (κ3) is 6.61. The van der Waals surface area contributed by atoms with Crippen molar-refractivity contribution < 1.29 is 13.5 Å². The minimum absolute atomic E-state index is 0.0169. The lowest BCUT2D eigenvalue weighted by atomic mass is 9.93. The number of halogens is 2. The third-order valence-corrected chi connectivity index (χ3v) is 2.65. The van der Waals surface area contributed by atoms with Crippen LogP contribution in [-0.2, 0) is 4.74 Å². The summed E-state index contributed by atoms with van der Waals surface area (Å²) >= 11 is 0. The molecule has 0 heterocycles. The molecule has 90 valence electrons. The number of hydrogen-bond acceptors (Lipinski definition) is 1. The normalized spacial score (nSPS) is 12.6. The first-order valence-corrected chi connectivity index (χ1v) is 5.66. The van der Waals surface area contributed by atoms with Crippen LogP contribution in [0.15, 0.2) is 11.7 Å². The second kappa shape index (κ2) is 8.84. The molecule has 1 nitrogen and oxygen atoms in total. The van der Waals surface area contributed by atoms with Crippen LogP contribution in [0.3, 0.4) is 0 Å². The fourth-order valence-electron chi connectivity index (χ4n) is 1.61. The van der Waals surface area contributed by atoms with Crippen molar-refractivity contribution in [1.82, 2.24) is 0 Å². The van der Waals surface area contributed by atoms with E-state index < -0.39 is 6.08 Å². The largest absolute Gasteiger partial charge is 0.384 e. The Morgan fingerprint density at radius 3 is 2.40 bits per heavy atom. The summed E-state index contributed by atoms with van der Waals surface area (Å²) in [6.45, 7) is 4.37. The molecule has 0 rings (SSSR count). The van der Waals surface area contributed by atoms with E-state index in [2.05, 4.69) is 6.92 Å². The Morgan fingerprint density at radius 1 is 1.27 bits per heavy atom. The highest BCUT2D eigenvalue weighted by molar-refractivity contribution is 5.06. The molecule has 0 fully saturated rings. The Labute approximate surface area is 91.5 Å². The molecule has 0 aromatic heterocycles. The van der Waals surface area contributed by atoms with Crippen molar-refractivity contribution in [3.63, 3.8) is 0 Å². The Bertz CT molecular complexity index is 186. The molecule has 0 radical (unpaired) electrons. The van der Waals surface area contributed by atoms with Gasteiger partial charge in [0.25, 0.3) is 6.08 Å². The molecular formula is C12H22F2O. The molecule has 0 N–H and O–H groups in total. The SMILES string of the molecule is CCCCCC(C)C(CCOC)=C(F)F. The minimum Gasteiger partial charge on any atom is -0.384 e. The van der Waals surface area contributed by atoms with Crippen LogP contribution in [0.5, 0.6) is 0 Å². The van der Waals surface area contributed by atoms with Crippen molar-refractivity contribution in [3.8, 4) is 0 Å². The van der Waals surface area contributed by atoms with Gasteiger partial charge in [-0.3, -0.25) is 0 Å². The molecule has 0 amide bonds. The van der Waals surface area contributed by atoms with E-state index >= 15 is 0 Å². The molecule has 0 aliphatic heterocycles. The van der Waals surface area contributed by atoms with E-state index in [4.69, 9.17) is 4.74 Å². The fourth-order valence-corrected chi connectivity index (χ4v) is 1.61. The standard InChI is InChI=1S/C12H22F2O/c1-4-5-6-7-10(2)11(12(13)14)8-9-15-3/h10H,4-9H2,1-3H3. The van der Waals surface area contributed by atoms with Crippen molar-refractivity contribution in [2.24, 2.45) is 5.92 Å². The van der Waals surface area contributed by atoms with Gasteiger partial charge in [-0.2, -0.15) is 8.78 Å². The van der Waals surface area contributed by atoms with Gasteiger partial charge in [-0.05, 0) is 18.8 Å². The molecule has 0 bridgehead atoms. The van der Waals surface area contributed by atoms with Crippen LogP contribution in [0.1, 0.15) is 46.0 Å². The molecule has 3 heteroatoms. The third-order valence-electron chi connectivity index (χ3n) is 2.65. The second-order valence-electron chi connectivity index (χ2n) is 3.93. The first kappa shape index (κ1) is 14.6. The highest BCUT2D eigenvalue weighted by Crippen LogP contribution is 2.25. The predicted octanol–water partition coefficient (Wildman–Crippen LogP) is 4.39. The average molecular weight is 220 g/mol. The first-order valence-electron chi connectivity index (χ1n) is 5.66. The molecule has 0 saturated carbocycles. The number of methoxy groups -OCH3 is 1. The molecule has 0 aliphatic carbocycles. The van der Waals surface area contributed by atoms with E-state index in [1.807, 2.05) is 6.92 Å². The summed E-state index contributed by atoms with van der Waals surface area (Å²) in [6.07, 6.45) is 2.96. The maximum atomic E-state index is 12.6. The molecule has 0 spiro atoms. The van der Waals surface area contributed by atoms with Gasteiger partial charge >= 0.3 is 0 Å². The molecule has 1 atom stereocenters. The van der Waals surface area contributed by atoms with Gasteiger partial charge in [-0.25, -0.2) is 0 Å². The Hall–Kier alpha value is -0.440. The van der Waals surface area contributed by atoms with Crippen molar-refractivity contribution >= 4 is 0 Å². The molecule has 1 unspecified atom stereocenters. The highest BCUT2D eigenvalue weighted by Gasteiger charge is 2.14. The van der Waals surface area contributed by atoms with Crippen LogP contribution in [0.25, 0.3) is 0 Å². The molecule has 0 aromatic carbocycles. The summed E-state index contributed by atoms with van der Waals surface area (Å²) in [7, 11) is 1.54. The van der Waals surface area contributed by atoms with Gasteiger partial charge in [0.1, 0.15) is 0 Å². The molecule has 0 aromatic rings. The zero-order chi connectivity index (χ0) is 11.7.